The van der Waals surface area contributed by atoms with Gasteiger partial charge in [-0.1, -0.05) is 36.2 Å². The Kier molecular flexibility index (Phi) is 7.92. The van der Waals surface area contributed by atoms with E-state index >= 15 is 0 Å². The van der Waals surface area contributed by atoms with E-state index in [1.807, 2.05) is 6.92 Å². The molecule has 1 saturated heterocycles. The van der Waals surface area contributed by atoms with E-state index in [1.54, 1.807) is 36.4 Å². The Balaban J connectivity index is 1.71. The second-order valence-corrected chi connectivity index (χ2v) is 10.9. The topological polar surface area (TPSA) is 95.9 Å². The number of hydrogen-bond donors (Lipinski definition) is 2. The molecule has 32 heavy (non-hydrogen) atoms. The minimum Gasteiger partial charge on any atom is -0.492 e. The molecular weight excluding hydrogens is 428 g/mol. The lowest BCUT2D eigenvalue weighted by atomic mass is 9.99. The fourth-order valence-corrected chi connectivity index (χ4v) is 5.62. The molecule has 2 aromatic carbocycles. The molecule has 1 aliphatic heterocycles. The van der Waals surface area contributed by atoms with Gasteiger partial charge < -0.3 is 4.74 Å². The maximum absolute atomic E-state index is 13.3. The molecule has 1 atom stereocenters. The summed E-state index contributed by atoms with van der Waals surface area (Å²) < 4.78 is 30.6. The standard InChI is InChI=1S/C24H32N2O5S/c1-19-6-12-22(13-7-19)32(29,30)24(2,23(27)25-28)18-20-8-10-21(11-9-20)31-17-16-26-14-4-3-5-15-26/h6-13,28H,3-5,14-18H2,1-2H3,(H,25,27). The van der Waals surface area contributed by atoms with E-state index in [1.165, 1.54) is 43.8 Å². The summed E-state index contributed by atoms with van der Waals surface area (Å²) in [4.78, 5) is 14.9. The molecule has 1 fully saturated rings. The van der Waals surface area contributed by atoms with Crippen LogP contribution >= 0.6 is 0 Å². The molecule has 1 unspecified atom stereocenters. The van der Waals surface area contributed by atoms with Crippen LogP contribution in [0, 0.1) is 6.92 Å². The average Bonchev–Trinajstić information content (AvgIpc) is 2.80. The molecule has 3 rings (SSSR count). The first-order chi connectivity index (χ1) is 15.3. The van der Waals surface area contributed by atoms with Gasteiger partial charge in [-0.05, 0) is 69.6 Å². The van der Waals surface area contributed by atoms with Gasteiger partial charge >= 0.3 is 0 Å². The first kappa shape index (κ1) is 24.2. The molecule has 0 radical (unpaired) electrons. The predicted octanol–water partition coefficient (Wildman–Crippen LogP) is 3.14. The number of benzene rings is 2. The lowest BCUT2D eigenvalue weighted by Gasteiger charge is -2.27. The highest BCUT2D eigenvalue weighted by molar-refractivity contribution is 7.93. The number of piperidine rings is 1. The molecule has 1 aliphatic rings. The summed E-state index contributed by atoms with van der Waals surface area (Å²) in [6.07, 6.45) is 3.68. The summed E-state index contributed by atoms with van der Waals surface area (Å²) in [5, 5.41) is 9.26. The Hall–Kier alpha value is -2.42. The number of nitrogens with one attached hydrogen (secondary N) is 1. The number of ether oxygens (including phenoxy) is 1. The van der Waals surface area contributed by atoms with Crippen molar-refractivity contribution >= 4 is 15.7 Å². The van der Waals surface area contributed by atoms with Crippen LogP contribution in [0.5, 0.6) is 5.75 Å². The monoisotopic (exact) mass is 460 g/mol. The summed E-state index contributed by atoms with van der Waals surface area (Å²) in [6, 6.07) is 13.4. The smallest absolute Gasteiger partial charge is 0.265 e. The van der Waals surface area contributed by atoms with E-state index in [0.717, 1.165) is 25.2 Å². The minimum atomic E-state index is -4.07. The number of hydroxylamine groups is 1. The molecule has 0 aliphatic carbocycles. The van der Waals surface area contributed by atoms with Crippen molar-refractivity contribution in [3.05, 3.63) is 59.7 Å². The normalized spacial score (nSPS) is 16.8. The van der Waals surface area contributed by atoms with Gasteiger partial charge in [0.15, 0.2) is 14.6 Å². The number of hydrogen-bond acceptors (Lipinski definition) is 6. The lowest BCUT2D eigenvalue weighted by molar-refractivity contribution is -0.131. The van der Waals surface area contributed by atoms with Crippen LogP contribution in [0.2, 0.25) is 0 Å². The van der Waals surface area contributed by atoms with Crippen molar-refractivity contribution < 1.29 is 23.2 Å². The van der Waals surface area contributed by atoms with Gasteiger partial charge in [-0.3, -0.25) is 14.9 Å². The zero-order valence-electron chi connectivity index (χ0n) is 18.7. The second kappa shape index (κ2) is 10.5. The molecule has 2 N–H and O–H groups in total. The van der Waals surface area contributed by atoms with Crippen LogP contribution < -0.4 is 10.2 Å². The van der Waals surface area contributed by atoms with E-state index < -0.39 is 20.5 Å². The first-order valence-electron chi connectivity index (χ1n) is 11.0. The van der Waals surface area contributed by atoms with Crippen molar-refractivity contribution in [1.82, 2.24) is 10.4 Å². The van der Waals surface area contributed by atoms with Crippen LogP contribution in [0.1, 0.15) is 37.3 Å². The molecule has 0 saturated carbocycles. The minimum absolute atomic E-state index is 0.0341. The molecule has 174 valence electrons. The van der Waals surface area contributed by atoms with Crippen LogP contribution in [0.4, 0.5) is 0 Å². The molecule has 0 bridgehead atoms. The quantitative estimate of drug-likeness (QED) is 0.441. The third-order valence-electron chi connectivity index (χ3n) is 6.10. The lowest BCUT2D eigenvalue weighted by Crippen LogP contribution is -2.51. The molecule has 1 heterocycles. The summed E-state index contributed by atoms with van der Waals surface area (Å²) in [5.41, 5.74) is 3.09. The number of carbonyl (C=O) groups excluding carboxylic acids is 1. The summed E-state index contributed by atoms with van der Waals surface area (Å²) >= 11 is 0. The Morgan fingerprint density at radius 3 is 2.28 bits per heavy atom. The molecular formula is C24H32N2O5S. The number of likely N-dealkylation sites (tertiary alicyclic amines) is 1. The van der Waals surface area contributed by atoms with Crippen LogP contribution in [-0.2, 0) is 21.1 Å². The maximum Gasteiger partial charge on any atom is 0.265 e. The number of amides is 1. The van der Waals surface area contributed by atoms with E-state index in [-0.39, 0.29) is 11.3 Å². The van der Waals surface area contributed by atoms with Gasteiger partial charge in [-0.15, -0.1) is 0 Å². The van der Waals surface area contributed by atoms with Gasteiger partial charge in [0, 0.05) is 13.0 Å². The highest BCUT2D eigenvalue weighted by atomic mass is 32.2. The van der Waals surface area contributed by atoms with Crippen LogP contribution in [0.3, 0.4) is 0 Å². The Morgan fingerprint density at radius 1 is 1.06 bits per heavy atom. The van der Waals surface area contributed by atoms with Crippen molar-refractivity contribution in [2.45, 2.75) is 49.2 Å². The second-order valence-electron chi connectivity index (χ2n) is 8.56. The van der Waals surface area contributed by atoms with E-state index in [4.69, 9.17) is 4.74 Å². The molecule has 0 spiro atoms. The fraction of sp³-hybridized carbons (Fsp3) is 0.458. The largest absolute Gasteiger partial charge is 0.492 e. The van der Waals surface area contributed by atoms with Crippen molar-refractivity contribution in [2.75, 3.05) is 26.2 Å². The highest BCUT2D eigenvalue weighted by Crippen LogP contribution is 2.30. The summed E-state index contributed by atoms with van der Waals surface area (Å²) in [5.74, 6) is -0.277. The molecule has 2 aromatic rings. The Morgan fingerprint density at radius 2 is 1.69 bits per heavy atom. The van der Waals surface area contributed by atoms with Crippen LogP contribution in [0.25, 0.3) is 0 Å². The number of carbonyl (C=O) groups is 1. The van der Waals surface area contributed by atoms with Gasteiger partial charge in [0.25, 0.3) is 5.91 Å². The maximum atomic E-state index is 13.3. The zero-order chi connectivity index (χ0) is 23.2. The first-order valence-corrected chi connectivity index (χ1v) is 12.4. The van der Waals surface area contributed by atoms with Crippen molar-refractivity contribution in [2.24, 2.45) is 0 Å². The SMILES string of the molecule is Cc1ccc(S(=O)(=O)C(C)(Cc2ccc(OCCN3CCCCC3)cc2)C(=O)NO)cc1. The van der Waals surface area contributed by atoms with Crippen LogP contribution in [-0.4, -0.2) is 55.4 Å². The molecule has 1 amide bonds. The van der Waals surface area contributed by atoms with Gasteiger partial charge in [0.2, 0.25) is 0 Å². The third-order valence-corrected chi connectivity index (χ3v) is 8.50. The van der Waals surface area contributed by atoms with Crippen molar-refractivity contribution in [1.29, 1.82) is 0 Å². The van der Waals surface area contributed by atoms with Gasteiger partial charge in [0.05, 0.1) is 4.90 Å². The van der Waals surface area contributed by atoms with Crippen molar-refractivity contribution in [3.8, 4) is 5.75 Å². The van der Waals surface area contributed by atoms with Gasteiger partial charge in [-0.25, -0.2) is 13.9 Å². The Bertz CT molecular complexity index is 1000. The number of aryl methyl sites for hydroxylation is 1. The average molecular weight is 461 g/mol. The Labute approximate surface area is 190 Å². The highest BCUT2D eigenvalue weighted by Gasteiger charge is 2.47. The van der Waals surface area contributed by atoms with Gasteiger partial charge in [-0.2, -0.15) is 0 Å². The van der Waals surface area contributed by atoms with E-state index in [2.05, 4.69) is 4.90 Å². The predicted molar refractivity (Wildman–Crippen MR) is 123 cm³/mol. The van der Waals surface area contributed by atoms with E-state index in [9.17, 15) is 18.4 Å². The van der Waals surface area contributed by atoms with Crippen LogP contribution in [0.15, 0.2) is 53.4 Å². The number of rotatable bonds is 9. The zero-order valence-corrected chi connectivity index (χ0v) is 19.5. The molecule has 0 aromatic heterocycles. The molecule has 7 nitrogen and oxygen atoms in total. The fourth-order valence-electron chi connectivity index (χ4n) is 3.96. The number of nitrogens with zero attached hydrogens (tertiary/aromatic N) is 1. The van der Waals surface area contributed by atoms with Crippen molar-refractivity contribution in [3.63, 3.8) is 0 Å². The summed E-state index contributed by atoms with van der Waals surface area (Å²) in [6.45, 7) is 6.88. The van der Waals surface area contributed by atoms with Gasteiger partial charge in [0.1, 0.15) is 12.4 Å². The summed E-state index contributed by atoms with van der Waals surface area (Å²) in [7, 11) is -4.07. The molecule has 8 heteroatoms. The third kappa shape index (κ3) is 5.49. The number of sulfone groups is 1. The van der Waals surface area contributed by atoms with E-state index in [0.29, 0.717) is 17.9 Å².